The second kappa shape index (κ2) is 43.5. The minimum atomic E-state index is -4.63. The van der Waals surface area contributed by atoms with E-state index in [-0.39, 0.29) is 49.0 Å². The summed E-state index contributed by atoms with van der Waals surface area (Å²) in [6, 6.07) is 0. The van der Waals surface area contributed by atoms with Gasteiger partial charge in [0.15, 0.2) is 6.10 Å². The number of rotatable bonds is 40. The molecule has 0 spiro atoms. The molecule has 2 unspecified atom stereocenters. The van der Waals surface area contributed by atoms with E-state index >= 15 is 0 Å². The normalized spacial score (nSPS) is 14.1. The molecular formula is C44H79NaO10P. The molecule has 0 rings (SSSR count). The van der Waals surface area contributed by atoms with Crippen molar-refractivity contribution < 1.29 is 47.8 Å². The SMILES string of the molecule is CCCCC/C=C\C/C=C\C/C=C\C/C=C\CCCC(=O)O[C@H](COC(=O)CCCCCCCCCCCCCCCCC)COP(=O)(O)OCC(O)CO.[Na]. The summed E-state index contributed by atoms with van der Waals surface area (Å²) in [6.45, 7) is 2.29. The van der Waals surface area contributed by atoms with Crippen LogP contribution in [0.3, 0.4) is 0 Å². The molecule has 0 bridgehead atoms. The first-order valence-electron chi connectivity index (χ1n) is 21.6. The van der Waals surface area contributed by atoms with Crippen molar-refractivity contribution >= 4 is 49.3 Å². The molecule has 0 saturated heterocycles. The number of phosphoric acid groups is 1. The van der Waals surface area contributed by atoms with Crippen molar-refractivity contribution in [2.75, 3.05) is 26.4 Å². The van der Waals surface area contributed by atoms with Crippen LogP contribution in [0.5, 0.6) is 0 Å². The Balaban J connectivity index is 0. The number of carbonyl (C=O) groups excluding carboxylic acids is 2. The van der Waals surface area contributed by atoms with Crippen molar-refractivity contribution in [3.63, 3.8) is 0 Å². The molecule has 0 aliphatic rings. The van der Waals surface area contributed by atoms with Gasteiger partial charge in [0.1, 0.15) is 12.7 Å². The molecule has 0 fully saturated rings. The van der Waals surface area contributed by atoms with Gasteiger partial charge in [-0.05, 0) is 51.4 Å². The minimum Gasteiger partial charge on any atom is -0.462 e. The summed E-state index contributed by atoms with van der Waals surface area (Å²) in [5.74, 6) is -0.988. The summed E-state index contributed by atoms with van der Waals surface area (Å²) >= 11 is 0. The molecule has 0 amide bonds. The van der Waals surface area contributed by atoms with Gasteiger partial charge in [-0.25, -0.2) is 4.57 Å². The number of unbranched alkanes of at least 4 members (excludes halogenated alkanes) is 18. The topological polar surface area (TPSA) is 149 Å². The van der Waals surface area contributed by atoms with Crippen molar-refractivity contribution in [1.82, 2.24) is 0 Å². The minimum absolute atomic E-state index is 0. The second-order valence-electron chi connectivity index (χ2n) is 14.4. The van der Waals surface area contributed by atoms with Gasteiger partial charge in [-0.2, -0.15) is 0 Å². The summed E-state index contributed by atoms with van der Waals surface area (Å²) < 4.78 is 32.6. The number of carbonyl (C=O) groups is 2. The van der Waals surface area contributed by atoms with Gasteiger partial charge < -0.3 is 24.6 Å². The van der Waals surface area contributed by atoms with E-state index in [9.17, 15) is 24.2 Å². The molecule has 1 radical (unpaired) electrons. The number of hydrogen-bond donors (Lipinski definition) is 3. The van der Waals surface area contributed by atoms with Crippen LogP contribution in [0, 0.1) is 0 Å². The van der Waals surface area contributed by atoms with Crippen LogP contribution in [0.25, 0.3) is 0 Å². The largest absolute Gasteiger partial charge is 0.472 e. The standard InChI is InChI=1S/C44H79O10P.Na/c1-3-5-7-9-11-13-15-17-19-20-22-24-26-28-30-32-34-36-44(48)54-42(40-53-55(49,50)52-38-41(46)37-45)39-51-43(47)35-33-31-29-27-25-23-21-18-16-14-12-10-8-6-4-2;/h11,13,17,19,22,24,28,30,41-42,45-46H,3-10,12,14-16,18,20-21,23,25-27,29,31-40H2,1-2H3,(H,49,50);/b13-11-,19-17-,24-22-,30-28-;/t41?,42-;/m1./s1. The monoisotopic (exact) mass is 822 g/mol. The van der Waals surface area contributed by atoms with E-state index in [0.29, 0.717) is 19.3 Å². The van der Waals surface area contributed by atoms with E-state index < -0.39 is 51.8 Å². The van der Waals surface area contributed by atoms with Crippen LogP contribution in [0.15, 0.2) is 48.6 Å². The Kier molecular flexibility index (Phi) is 44.3. The van der Waals surface area contributed by atoms with E-state index in [2.05, 4.69) is 54.8 Å². The fraction of sp³-hybridized carbons (Fsp3) is 0.773. The maximum atomic E-state index is 12.6. The number of hydrogen-bond acceptors (Lipinski definition) is 9. The summed E-state index contributed by atoms with van der Waals surface area (Å²) in [7, 11) is -4.63. The molecule has 0 saturated carbocycles. The zero-order chi connectivity index (χ0) is 40.5. The van der Waals surface area contributed by atoms with Gasteiger partial charge in [-0.3, -0.25) is 18.6 Å². The van der Waals surface area contributed by atoms with Gasteiger partial charge in [0.05, 0.1) is 19.8 Å². The predicted molar refractivity (Wildman–Crippen MR) is 229 cm³/mol. The van der Waals surface area contributed by atoms with E-state index in [1.165, 1.54) is 89.9 Å². The molecule has 3 N–H and O–H groups in total. The first kappa shape index (κ1) is 57.0. The maximum Gasteiger partial charge on any atom is 0.472 e. The summed E-state index contributed by atoms with van der Waals surface area (Å²) in [6.07, 6.45) is 42.2. The fourth-order valence-electron chi connectivity index (χ4n) is 5.63. The predicted octanol–water partition coefficient (Wildman–Crippen LogP) is 11.0. The van der Waals surface area contributed by atoms with Crippen molar-refractivity contribution in [3.8, 4) is 0 Å². The van der Waals surface area contributed by atoms with E-state index in [0.717, 1.165) is 44.9 Å². The smallest absolute Gasteiger partial charge is 0.462 e. The van der Waals surface area contributed by atoms with Crippen molar-refractivity contribution in [3.05, 3.63) is 48.6 Å². The van der Waals surface area contributed by atoms with E-state index in [1.54, 1.807) is 0 Å². The fourth-order valence-corrected chi connectivity index (χ4v) is 6.42. The molecule has 0 aliphatic carbocycles. The number of phosphoric ester groups is 1. The molecule has 12 heteroatoms. The summed E-state index contributed by atoms with van der Waals surface area (Å²) in [4.78, 5) is 34.9. The molecule has 0 aromatic rings. The van der Waals surface area contributed by atoms with Crippen LogP contribution in [-0.4, -0.2) is 95.2 Å². The third kappa shape index (κ3) is 42.5. The number of aliphatic hydroxyl groups excluding tert-OH is 2. The Bertz CT molecular complexity index is 1060. The molecule has 0 aliphatic heterocycles. The first-order valence-corrected chi connectivity index (χ1v) is 23.1. The molecule has 0 heterocycles. The van der Waals surface area contributed by atoms with Gasteiger partial charge in [0, 0.05) is 42.4 Å². The Morgan fingerprint density at radius 3 is 1.46 bits per heavy atom. The second-order valence-corrected chi connectivity index (χ2v) is 15.8. The van der Waals surface area contributed by atoms with Gasteiger partial charge in [0.2, 0.25) is 0 Å². The Morgan fingerprint density at radius 2 is 0.964 bits per heavy atom. The molecule has 3 atom stereocenters. The molecular weight excluding hydrogens is 742 g/mol. The third-order valence-electron chi connectivity index (χ3n) is 8.99. The van der Waals surface area contributed by atoms with Crippen molar-refractivity contribution in [2.24, 2.45) is 0 Å². The summed E-state index contributed by atoms with van der Waals surface area (Å²) in [5.41, 5.74) is 0. The Hall–Kier alpha value is -1.07. The molecule has 10 nitrogen and oxygen atoms in total. The van der Waals surface area contributed by atoms with Crippen LogP contribution in [0.4, 0.5) is 0 Å². The van der Waals surface area contributed by atoms with Crippen LogP contribution in [-0.2, 0) is 32.7 Å². The van der Waals surface area contributed by atoms with Crippen LogP contribution >= 0.6 is 7.82 Å². The van der Waals surface area contributed by atoms with Gasteiger partial charge >= 0.3 is 19.8 Å². The average Bonchev–Trinajstić information content (AvgIpc) is 3.17. The quantitative estimate of drug-likeness (QED) is 0.0179. The number of allylic oxidation sites excluding steroid dienone is 8. The maximum absolute atomic E-state index is 12.6. The number of ether oxygens (including phenoxy) is 2. The van der Waals surface area contributed by atoms with Crippen molar-refractivity contribution in [2.45, 2.75) is 193 Å². The first-order chi connectivity index (χ1) is 26.7. The number of aliphatic hydroxyl groups is 2. The van der Waals surface area contributed by atoms with Crippen molar-refractivity contribution in [1.29, 1.82) is 0 Å². The van der Waals surface area contributed by atoms with E-state index in [4.69, 9.17) is 19.1 Å². The van der Waals surface area contributed by atoms with Crippen LogP contribution in [0.2, 0.25) is 0 Å². The molecule has 56 heavy (non-hydrogen) atoms. The van der Waals surface area contributed by atoms with Gasteiger partial charge in [-0.15, -0.1) is 0 Å². The third-order valence-corrected chi connectivity index (χ3v) is 9.94. The van der Waals surface area contributed by atoms with Gasteiger partial charge in [0.25, 0.3) is 0 Å². The molecule has 0 aromatic heterocycles. The molecule has 321 valence electrons. The average molecular weight is 822 g/mol. The Morgan fingerprint density at radius 1 is 0.554 bits per heavy atom. The zero-order valence-electron chi connectivity index (χ0n) is 35.6. The van der Waals surface area contributed by atoms with Gasteiger partial charge in [-0.1, -0.05) is 165 Å². The van der Waals surface area contributed by atoms with Crippen LogP contribution in [0.1, 0.15) is 181 Å². The number of esters is 2. The molecule has 0 aromatic carbocycles. The summed E-state index contributed by atoms with van der Waals surface area (Å²) in [5, 5.41) is 18.3. The van der Waals surface area contributed by atoms with E-state index in [1.807, 2.05) is 12.2 Å². The zero-order valence-corrected chi connectivity index (χ0v) is 38.5. The van der Waals surface area contributed by atoms with Crippen LogP contribution < -0.4 is 0 Å². The Labute approximate surface area is 363 Å².